The average molecular weight is 269 g/mol. The van der Waals surface area contributed by atoms with Crippen molar-refractivity contribution >= 4 is 0 Å². The average Bonchev–Trinajstić information content (AvgIpc) is 2.35. The number of nitrogens with one attached hydrogen (secondary N) is 1. The summed E-state index contributed by atoms with van der Waals surface area (Å²) < 4.78 is 32.1. The van der Waals surface area contributed by atoms with Crippen LogP contribution in [0.5, 0.6) is 5.75 Å². The fourth-order valence-electron chi connectivity index (χ4n) is 2.80. The minimum atomic E-state index is -0.601. The van der Waals surface area contributed by atoms with Crippen molar-refractivity contribution < 1.29 is 13.5 Å². The molecule has 2 nitrogen and oxygen atoms in total. The molecule has 4 heteroatoms. The normalized spacial score (nSPS) is 29.9. The van der Waals surface area contributed by atoms with E-state index >= 15 is 0 Å². The molecule has 0 bridgehead atoms. The van der Waals surface area contributed by atoms with Crippen LogP contribution in [0.2, 0.25) is 0 Å². The summed E-state index contributed by atoms with van der Waals surface area (Å²) in [6.45, 7) is 7.27. The third-order valence-electron chi connectivity index (χ3n) is 4.31. The largest absolute Gasteiger partial charge is 0.490 e. The second kappa shape index (κ2) is 5.45. The molecule has 0 spiro atoms. The van der Waals surface area contributed by atoms with E-state index in [2.05, 4.69) is 26.1 Å². The van der Waals surface area contributed by atoms with Gasteiger partial charge in [0.25, 0.3) is 0 Å². The number of halogens is 2. The van der Waals surface area contributed by atoms with Gasteiger partial charge in [-0.25, -0.2) is 8.78 Å². The van der Waals surface area contributed by atoms with Crippen molar-refractivity contribution in [3.63, 3.8) is 0 Å². The first-order valence-electron chi connectivity index (χ1n) is 6.85. The molecule has 0 aromatic heterocycles. The van der Waals surface area contributed by atoms with E-state index in [4.69, 9.17) is 4.74 Å². The van der Waals surface area contributed by atoms with Crippen molar-refractivity contribution in [2.45, 2.75) is 45.8 Å². The van der Waals surface area contributed by atoms with E-state index in [9.17, 15) is 8.78 Å². The number of rotatable bonds is 5. The second-order valence-corrected chi connectivity index (χ2v) is 5.42. The Labute approximate surface area is 113 Å². The molecule has 0 amide bonds. The molecule has 3 atom stereocenters. The lowest BCUT2D eigenvalue weighted by molar-refractivity contribution is -0.0699. The van der Waals surface area contributed by atoms with Crippen LogP contribution < -0.4 is 10.1 Å². The minimum absolute atomic E-state index is 0.00255. The number of hydrogen-bond donors (Lipinski definition) is 1. The fraction of sp³-hybridized carbons (Fsp3) is 0.600. The van der Waals surface area contributed by atoms with Crippen LogP contribution in [0, 0.1) is 17.0 Å². The summed E-state index contributed by atoms with van der Waals surface area (Å²) >= 11 is 0. The highest BCUT2D eigenvalue weighted by Crippen LogP contribution is 2.46. The Morgan fingerprint density at radius 3 is 2.42 bits per heavy atom. The zero-order chi connectivity index (χ0) is 14.0. The van der Waals surface area contributed by atoms with E-state index in [-0.39, 0.29) is 17.3 Å². The Bertz CT molecular complexity index is 432. The summed E-state index contributed by atoms with van der Waals surface area (Å²) in [5.41, 5.74) is 0.0127. The van der Waals surface area contributed by atoms with Gasteiger partial charge in [0.2, 0.25) is 0 Å². The Kier molecular flexibility index (Phi) is 4.09. The van der Waals surface area contributed by atoms with Gasteiger partial charge in [0.05, 0.1) is 0 Å². The second-order valence-electron chi connectivity index (χ2n) is 5.42. The van der Waals surface area contributed by atoms with Gasteiger partial charge < -0.3 is 10.1 Å². The molecule has 0 saturated heterocycles. The maximum atomic E-state index is 13.1. The molecule has 1 aromatic rings. The van der Waals surface area contributed by atoms with E-state index in [0.29, 0.717) is 6.04 Å². The van der Waals surface area contributed by atoms with Crippen LogP contribution in [0.25, 0.3) is 0 Å². The Hall–Kier alpha value is -1.16. The van der Waals surface area contributed by atoms with Crippen LogP contribution >= 0.6 is 0 Å². The van der Waals surface area contributed by atoms with Crippen molar-refractivity contribution in [3.05, 3.63) is 29.8 Å². The lowest BCUT2D eigenvalue weighted by Crippen LogP contribution is -2.63. The van der Waals surface area contributed by atoms with Crippen molar-refractivity contribution in [1.82, 2.24) is 5.32 Å². The lowest BCUT2D eigenvalue weighted by Gasteiger charge is -2.53. The summed E-state index contributed by atoms with van der Waals surface area (Å²) in [6.07, 6.45) is 1.84. The predicted molar refractivity (Wildman–Crippen MR) is 71.3 cm³/mol. The van der Waals surface area contributed by atoms with Crippen LogP contribution in [0.3, 0.4) is 0 Å². The molecule has 3 unspecified atom stereocenters. The molecule has 2 rings (SSSR count). The van der Waals surface area contributed by atoms with Crippen molar-refractivity contribution in [2.75, 3.05) is 6.54 Å². The van der Waals surface area contributed by atoms with E-state index < -0.39 is 11.6 Å². The van der Waals surface area contributed by atoms with Crippen LogP contribution in [0.4, 0.5) is 8.78 Å². The first kappa shape index (κ1) is 14.3. The highest BCUT2D eigenvalue weighted by atomic mass is 19.1. The Morgan fingerprint density at radius 1 is 1.26 bits per heavy atom. The van der Waals surface area contributed by atoms with Crippen molar-refractivity contribution in [2.24, 2.45) is 5.41 Å². The van der Waals surface area contributed by atoms with Crippen molar-refractivity contribution in [1.29, 1.82) is 0 Å². The van der Waals surface area contributed by atoms with Gasteiger partial charge in [-0.3, -0.25) is 0 Å². The molecule has 1 N–H and O–H groups in total. The molecule has 1 aliphatic carbocycles. The van der Waals surface area contributed by atoms with Gasteiger partial charge in [-0.15, -0.1) is 0 Å². The molecule has 1 saturated carbocycles. The van der Waals surface area contributed by atoms with Gasteiger partial charge in [0.15, 0.2) is 0 Å². The summed E-state index contributed by atoms with van der Waals surface area (Å²) in [6, 6.07) is 3.74. The molecule has 0 heterocycles. The van der Waals surface area contributed by atoms with Gasteiger partial charge in [-0.2, -0.15) is 0 Å². The topological polar surface area (TPSA) is 21.3 Å². The van der Waals surface area contributed by atoms with Gasteiger partial charge in [-0.1, -0.05) is 20.8 Å². The Morgan fingerprint density at radius 2 is 1.89 bits per heavy atom. The summed E-state index contributed by atoms with van der Waals surface area (Å²) in [5.74, 6) is -0.927. The minimum Gasteiger partial charge on any atom is -0.490 e. The zero-order valence-corrected chi connectivity index (χ0v) is 11.7. The predicted octanol–water partition coefficient (Wildman–Crippen LogP) is 3.51. The highest BCUT2D eigenvalue weighted by molar-refractivity contribution is 5.25. The standard InChI is InChI=1S/C15H21F2NO/c1-4-15(3)13(18-5-2)9-14(15)19-12-7-10(16)6-11(17)8-12/h6-8,13-14,18H,4-5,9H2,1-3H3. The lowest BCUT2D eigenvalue weighted by atomic mass is 9.61. The van der Waals surface area contributed by atoms with Crippen molar-refractivity contribution in [3.8, 4) is 5.75 Å². The molecular formula is C15H21F2NO. The quantitative estimate of drug-likeness (QED) is 0.883. The summed E-state index contributed by atoms with van der Waals surface area (Å²) in [7, 11) is 0. The van der Waals surface area contributed by atoms with Gasteiger partial charge in [-0.05, 0) is 13.0 Å². The van der Waals surface area contributed by atoms with E-state index in [1.807, 2.05) is 0 Å². The third-order valence-corrected chi connectivity index (χ3v) is 4.31. The number of benzene rings is 1. The van der Waals surface area contributed by atoms with Crippen LogP contribution in [0.15, 0.2) is 18.2 Å². The SMILES string of the molecule is CCNC1CC(Oc2cc(F)cc(F)c2)C1(C)CC. The molecule has 106 valence electrons. The van der Waals surface area contributed by atoms with E-state index in [1.165, 1.54) is 12.1 Å². The first-order valence-corrected chi connectivity index (χ1v) is 6.85. The Balaban J connectivity index is 2.07. The van der Waals surface area contributed by atoms with E-state index in [1.54, 1.807) is 0 Å². The van der Waals surface area contributed by atoms with Crippen LogP contribution in [0.1, 0.15) is 33.6 Å². The monoisotopic (exact) mass is 269 g/mol. The maximum Gasteiger partial charge on any atom is 0.129 e. The summed E-state index contributed by atoms with van der Waals surface area (Å²) in [4.78, 5) is 0. The molecule has 1 fully saturated rings. The first-order chi connectivity index (χ1) is 8.99. The number of hydrogen-bond acceptors (Lipinski definition) is 2. The fourth-order valence-corrected chi connectivity index (χ4v) is 2.80. The van der Waals surface area contributed by atoms with Crippen LogP contribution in [-0.2, 0) is 0 Å². The van der Waals surface area contributed by atoms with Gasteiger partial charge in [0.1, 0.15) is 23.5 Å². The van der Waals surface area contributed by atoms with Gasteiger partial charge >= 0.3 is 0 Å². The molecule has 0 radical (unpaired) electrons. The highest BCUT2D eigenvalue weighted by Gasteiger charge is 2.51. The third kappa shape index (κ3) is 2.73. The van der Waals surface area contributed by atoms with Crippen LogP contribution in [-0.4, -0.2) is 18.7 Å². The molecule has 0 aliphatic heterocycles. The maximum absolute atomic E-state index is 13.1. The molecular weight excluding hydrogens is 248 g/mol. The molecule has 1 aliphatic rings. The molecule has 1 aromatic carbocycles. The molecule has 19 heavy (non-hydrogen) atoms. The van der Waals surface area contributed by atoms with Gasteiger partial charge in [0, 0.05) is 36.1 Å². The van der Waals surface area contributed by atoms with E-state index in [0.717, 1.165) is 25.5 Å². The zero-order valence-electron chi connectivity index (χ0n) is 11.7. The number of ether oxygens (including phenoxy) is 1. The smallest absolute Gasteiger partial charge is 0.129 e. The summed E-state index contributed by atoms with van der Waals surface area (Å²) in [5, 5.41) is 3.43.